The van der Waals surface area contributed by atoms with Gasteiger partial charge in [-0.3, -0.25) is 4.79 Å². The first-order chi connectivity index (χ1) is 12.1. The number of nitrogens with one attached hydrogen (secondary N) is 3. The minimum atomic E-state index is -0.185. The van der Waals surface area contributed by atoms with Crippen molar-refractivity contribution in [1.29, 1.82) is 0 Å². The maximum absolute atomic E-state index is 11.9. The summed E-state index contributed by atoms with van der Waals surface area (Å²) in [4.78, 5) is 16.1. The van der Waals surface area contributed by atoms with Gasteiger partial charge in [-0.15, -0.1) is 0 Å². The number of nitrogens with zero attached hydrogens (tertiary/aromatic N) is 2. The van der Waals surface area contributed by atoms with Crippen LogP contribution in [0.1, 0.15) is 43.9 Å². The van der Waals surface area contributed by atoms with Gasteiger partial charge in [0, 0.05) is 12.6 Å². The van der Waals surface area contributed by atoms with E-state index in [9.17, 15) is 4.79 Å². The summed E-state index contributed by atoms with van der Waals surface area (Å²) in [5.74, 6) is 2.09. The summed E-state index contributed by atoms with van der Waals surface area (Å²) < 4.78 is 10.4. The quantitative estimate of drug-likeness (QED) is 0.496. The molecular formula is C17H25N5O3. The van der Waals surface area contributed by atoms with Crippen molar-refractivity contribution in [2.45, 2.75) is 39.8 Å². The summed E-state index contributed by atoms with van der Waals surface area (Å²) >= 11 is 0. The summed E-state index contributed by atoms with van der Waals surface area (Å²) in [7, 11) is 0. The predicted octanol–water partition coefficient (Wildman–Crippen LogP) is 1.76. The fourth-order valence-electron chi connectivity index (χ4n) is 2.00. The number of furan rings is 1. The Morgan fingerprint density at radius 3 is 2.68 bits per heavy atom. The molecule has 0 bridgehead atoms. The number of hydrogen-bond acceptors (Lipinski definition) is 5. The smallest absolute Gasteiger partial charge is 0.242 e. The van der Waals surface area contributed by atoms with E-state index < -0.39 is 0 Å². The van der Waals surface area contributed by atoms with Crippen LogP contribution in [0.4, 0.5) is 0 Å². The average molecular weight is 347 g/mol. The minimum Gasteiger partial charge on any atom is -0.467 e. The van der Waals surface area contributed by atoms with Crippen LogP contribution >= 0.6 is 0 Å². The lowest BCUT2D eigenvalue weighted by Crippen LogP contribution is -2.38. The van der Waals surface area contributed by atoms with Gasteiger partial charge in [-0.25, -0.2) is 4.99 Å². The van der Waals surface area contributed by atoms with Crippen molar-refractivity contribution in [3.05, 3.63) is 41.7 Å². The second-order valence-electron chi connectivity index (χ2n) is 5.78. The first kappa shape index (κ1) is 18.6. The Labute approximate surface area is 147 Å². The van der Waals surface area contributed by atoms with Gasteiger partial charge in [-0.05, 0) is 25.0 Å². The standard InChI is InChI=1S/C17H25N5O3/c1-4-18-17(20-10-14-8-15(12(2)3)22-25-14)21-11-16(23)19-9-13-6-5-7-24-13/h5-8,12H,4,9-11H2,1-3H3,(H,19,23)(H2,18,20,21). The third kappa shape index (κ3) is 6.33. The third-order valence-electron chi connectivity index (χ3n) is 3.36. The summed E-state index contributed by atoms with van der Waals surface area (Å²) in [5.41, 5.74) is 0.913. The van der Waals surface area contributed by atoms with Gasteiger partial charge in [-0.1, -0.05) is 19.0 Å². The highest BCUT2D eigenvalue weighted by Crippen LogP contribution is 2.13. The maximum Gasteiger partial charge on any atom is 0.242 e. The number of hydrogen-bond donors (Lipinski definition) is 3. The first-order valence-electron chi connectivity index (χ1n) is 8.35. The van der Waals surface area contributed by atoms with Gasteiger partial charge >= 0.3 is 0 Å². The van der Waals surface area contributed by atoms with Crippen LogP contribution in [0.25, 0.3) is 0 Å². The van der Waals surface area contributed by atoms with Gasteiger partial charge in [0.1, 0.15) is 12.3 Å². The van der Waals surface area contributed by atoms with Crippen LogP contribution in [0.2, 0.25) is 0 Å². The fourth-order valence-corrected chi connectivity index (χ4v) is 2.00. The van der Waals surface area contributed by atoms with Crippen molar-refractivity contribution < 1.29 is 13.7 Å². The predicted molar refractivity (Wildman–Crippen MR) is 94.0 cm³/mol. The normalized spacial score (nSPS) is 11.6. The highest BCUT2D eigenvalue weighted by molar-refractivity contribution is 5.84. The lowest BCUT2D eigenvalue weighted by atomic mass is 10.1. The van der Waals surface area contributed by atoms with Crippen LogP contribution in [0, 0.1) is 0 Å². The second kappa shape index (κ2) is 9.51. The van der Waals surface area contributed by atoms with E-state index in [1.54, 1.807) is 18.4 Å². The van der Waals surface area contributed by atoms with Gasteiger partial charge in [-0.2, -0.15) is 0 Å². The molecule has 2 aromatic rings. The van der Waals surface area contributed by atoms with E-state index in [1.165, 1.54) is 0 Å². The Bertz CT molecular complexity index is 676. The number of aromatic nitrogens is 1. The Morgan fingerprint density at radius 2 is 2.04 bits per heavy atom. The zero-order valence-electron chi connectivity index (χ0n) is 14.8. The molecule has 1 amide bonds. The van der Waals surface area contributed by atoms with Crippen LogP contribution in [0.3, 0.4) is 0 Å². The van der Waals surface area contributed by atoms with E-state index in [1.807, 2.05) is 13.0 Å². The monoisotopic (exact) mass is 347 g/mol. The van der Waals surface area contributed by atoms with Gasteiger partial charge in [0.25, 0.3) is 0 Å². The van der Waals surface area contributed by atoms with Crippen molar-refractivity contribution >= 4 is 11.9 Å². The molecule has 0 spiro atoms. The molecule has 0 radical (unpaired) electrons. The molecule has 0 unspecified atom stereocenters. The first-order valence-corrected chi connectivity index (χ1v) is 8.35. The number of rotatable bonds is 8. The molecular weight excluding hydrogens is 322 g/mol. The Hall–Kier alpha value is -2.77. The Morgan fingerprint density at radius 1 is 1.24 bits per heavy atom. The van der Waals surface area contributed by atoms with Gasteiger partial charge in [0.2, 0.25) is 5.91 Å². The van der Waals surface area contributed by atoms with Gasteiger partial charge in [0.05, 0.1) is 25.0 Å². The summed E-state index contributed by atoms with van der Waals surface area (Å²) in [5, 5.41) is 13.0. The van der Waals surface area contributed by atoms with E-state index in [-0.39, 0.29) is 12.5 Å². The molecule has 0 aromatic carbocycles. The van der Waals surface area contributed by atoms with E-state index in [0.717, 1.165) is 11.5 Å². The number of guanidine groups is 1. The van der Waals surface area contributed by atoms with Crippen LogP contribution in [-0.4, -0.2) is 30.1 Å². The molecule has 3 N–H and O–H groups in total. The average Bonchev–Trinajstić information content (AvgIpc) is 3.26. The van der Waals surface area contributed by atoms with E-state index >= 15 is 0 Å². The molecule has 8 nitrogen and oxygen atoms in total. The summed E-state index contributed by atoms with van der Waals surface area (Å²) in [6.07, 6.45) is 1.57. The number of carbonyl (C=O) groups is 1. The lowest BCUT2D eigenvalue weighted by molar-refractivity contribution is -0.119. The van der Waals surface area contributed by atoms with Crippen LogP contribution < -0.4 is 16.0 Å². The van der Waals surface area contributed by atoms with Gasteiger partial charge < -0.3 is 24.9 Å². The zero-order valence-corrected chi connectivity index (χ0v) is 14.8. The van der Waals surface area contributed by atoms with Crippen molar-refractivity contribution in [3.63, 3.8) is 0 Å². The van der Waals surface area contributed by atoms with E-state index in [2.05, 4.69) is 39.9 Å². The molecule has 2 rings (SSSR count). The van der Waals surface area contributed by atoms with Crippen LogP contribution in [-0.2, 0) is 17.9 Å². The molecule has 0 saturated heterocycles. The van der Waals surface area contributed by atoms with Crippen LogP contribution in [0.15, 0.2) is 38.4 Å². The molecule has 0 saturated carbocycles. The molecule has 0 aliphatic heterocycles. The molecule has 0 fully saturated rings. The lowest BCUT2D eigenvalue weighted by Gasteiger charge is -2.09. The highest BCUT2D eigenvalue weighted by Gasteiger charge is 2.08. The third-order valence-corrected chi connectivity index (χ3v) is 3.36. The zero-order chi connectivity index (χ0) is 18.1. The Kier molecular flexibility index (Phi) is 7.06. The number of amides is 1. The van der Waals surface area contributed by atoms with E-state index in [4.69, 9.17) is 8.94 Å². The van der Waals surface area contributed by atoms with Crippen molar-refractivity contribution in [2.24, 2.45) is 4.99 Å². The van der Waals surface area contributed by atoms with E-state index in [0.29, 0.717) is 37.3 Å². The summed E-state index contributed by atoms with van der Waals surface area (Å²) in [6, 6.07) is 5.50. The molecule has 0 atom stereocenters. The molecule has 0 aliphatic rings. The molecule has 0 aliphatic carbocycles. The van der Waals surface area contributed by atoms with Crippen LogP contribution in [0.5, 0.6) is 0 Å². The largest absolute Gasteiger partial charge is 0.467 e. The molecule has 136 valence electrons. The van der Waals surface area contributed by atoms with Crippen molar-refractivity contribution in [1.82, 2.24) is 21.1 Å². The number of carbonyl (C=O) groups excluding carboxylic acids is 1. The molecule has 2 heterocycles. The van der Waals surface area contributed by atoms with Gasteiger partial charge in [0.15, 0.2) is 11.7 Å². The molecule has 8 heteroatoms. The molecule has 2 aromatic heterocycles. The topological polar surface area (TPSA) is 105 Å². The number of aliphatic imine (C=N–C) groups is 1. The SMILES string of the molecule is CCNC(=NCC(=O)NCc1ccco1)NCc1cc(C(C)C)no1. The molecule has 25 heavy (non-hydrogen) atoms. The second-order valence-corrected chi connectivity index (χ2v) is 5.78. The fraction of sp³-hybridized carbons (Fsp3) is 0.471. The maximum atomic E-state index is 11.9. The summed E-state index contributed by atoms with van der Waals surface area (Å²) in [6.45, 7) is 7.57. The minimum absolute atomic E-state index is 0.0176. The van der Waals surface area contributed by atoms with Crippen molar-refractivity contribution in [2.75, 3.05) is 13.1 Å². The highest BCUT2D eigenvalue weighted by atomic mass is 16.5. The Balaban J connectivity index is 1.81. The van der Waals surface area contributed by atoms with Crippen molar-refractivity contribution in [3.8, 4) is 0 Å².